The first-order chi connectivity index (χ1) is 7.07. The van der Waals surface area contributed by atoms with Crippen molar-refractivity contribution in [3.05, 3.63) is 0 Å². The fraction of sp³-hybridized carbons (Fsp3) is 1.00. The molecule has 3 heteroatoms. The number of aliphatic hydroxyl groups is 1. The molecule has 0 amide bonds. The number of hydrogen-bond acceptors (Lipinski definition) is 3. The van der Waals surface area contributed by atoms with Gasteiger partial charge in [0.1, 0.15) is 0 Å². The molecule has 0 aliphatic rings. The Morgan fingerprint density at radius 1 is 1.07 bits per heavy atom. The zero-order chi connectivity index (χ0) is 11.7. The highest BCUT2D eigenvalue weighted by atomic mass is 16.3. The monoisotopic (exact) mass is 216 g/mol. The van der Waals surface area contributed by atoms with Gasteiger partial charge < -0.3 is 15.3 Å². The lowest BCUT2D eigenvalue weighted by atomic mass is 10.2. The normalized spacial score (nSPS) is 12.0. The SMILES string of the molecule is CC(C)NCCCN(CCCO)C(C)C. The zero-order valence-corrected chi connectivity index (χ0v) is 10.8. The van der Waals surface area contributed by atoms with E-state index in [0.717, 1.165) is 26.1 Å². The van der Waals surface area contributed by atoms with Gasteiger partial charge in [-0.1, -0.05) is 13.8 Å². The standard InChI is InChI=1S/C12H28N2O/c1-11(2)13-7-5-8-14(12(3)4)9-6-10-15/h11-13,15H,5-10H2,1-4H3. The molecule has 0 bridgehead atoms. The van der Waals surface area contributed by atoms with Gasteiger partial charge in [-0.3, -0.25) is 0 Å². The molecule has 3 nitrogen and oxygen atoms in total. The summed E-state index contributed by atoms with van der Waals surface area (Å²) in [5.41, 5.74) is 0. The van der Waals surface area contributed by atoms with Gasteiger partial charge in [0.25, 0.3) is 0 Å². The van der Waals surface area contributed by atoms with Crippen LogP contribution in [0.3, 0.4) is 0 Å². The Morgan fingerprint density at radius 3 is 2.13 bits per heavy atom. The van der Waals surface area contributed by atoms with Crippen molar-refractivity contribution in [2.24, 2.45) is 0 Å². The number of hydrogen-bond donors (Lipinski definition) is 2. The van der Waals surface area contributed by atoms with Gasteiger partial charge in [-0.2, -0.15) is 0 Å². The Hall–Kier alpha value is -0.120. The van der Waals surface area contributed by atoms with Crippen LogP contribution in [0.15, 0.2) is 0 Å². The van der Waals surface area contributed by atoms with Crippen molar-refractivity contribution in [2.75, 3.05) is 26.2 Å². The molecule has 0 spiro atoms. The van der Waals surface area contributed by atoms with Crippen LogP contribution in [0.2, 0.25) is 0 Å². The molecule has 0 saturated heterocycles. The highest BCUT2D eigenvalue weighted by Crippen LogP contribution is 2.00. The Balaban J connectivity index is 3.57. The Labute approximate surface area is 94.9 Å². The molecule has 0 fully saturated rings. The second-order valence-corrected chi connectivity index (χ2v) is 4.67. The van der Waals surface area contributed by atoms with Crippen LogP contribution < -0.4 is 5.32 Å². The van der Waals surface area contributed by atoms with Gasteiger partial charge in [-0.15, -0.1) is 0 Å². The molecule has 0 aromatic rings. The molecule has 0 aliphatic carbocycles. The molecule has 0 rings (SSSR count). The predicted octanol–water partition coefficient (Wildman–Crippen LogP) is 1.47. The van der Waals surface area contributed by atoms with E-state index in [1.54, 1.807) is 0 Å². The second kappa shape index (κ2) is 9.13. The summed E-state index contributed by atoms with van der Waals surface area (Å²) in [6.07, 6.45) is 2.07. The summed E-state index contributed by atoms with van der Waals surface area (Å²) in [5.74, 6) is 0. The first kappa shape index (κ1) is 14.9. The third-order valence-electron chi connectivity index (χ3n) is 2.51. The van der Waals surface area contributed by atoms with Crippen molar-refractivity contribution in [3.63, 3.8) is 0 Å². The fourth-order valence-electron chi connectivity index (χ4n) is 1.57. The maximum Gasteiger partial charge on any atom is 0.0443 e. The van der Waals surface area contributed by atoms with E-state index in [0.29, 0.717) is 18.7 Å². The number of aliphatic hydroxyl groups excluding tert-OH is 1. The van der Waals surface area contributed by atoms with E-state index in [2.05, 4.69) is 37.9 Å². The minimum atomic E-state index is 0.299. The van der Waals surface area contributed by atoms with Crippen molar-refractivity contribution >= 4 is 0 Å². The minimum Gasteiger partial charge on any atom is -0.396 e. The molecule has 0 unspecified atom stereocenters. The van der Waals surface area contributed by atoms with Crippen LogP contribution in [-0.4, -0.2) is 48.3 Å². The van der Waals surface area contributed by atoms with Crippen LogP contribution in [0.25, 0.3) is 0 Å². The van der Waals surface area contributed by atoms with E-state index in [4.69, 9.17) is 5.11 Å². The molecule has 0 radical (unpaired) electrons. The summed E-state index contributed by atoms with van der Waals surface area (Å²) in [7, 11) is 0. The smallest absolute Gasteiger partial charge is 0.0443 e. The largest absolute Gasteiger partial charge is 0.396 e. The third kappa shape index (κ3) is 8.85. The molecule has 2 N–H and O–H groups in total. The highest BCUT2D eigenvalue weighted by molar-refractivity contribution is 4.64. The number of nitrogens with zero attached hydrogens (tertiary/aromatic N) is 1. The summed E-state index contributed by atoms with van der Waals surface area (Å²) in [6.45, 7) is 12.3. The second-order valence-electron chi connectivity index (χ2n) is 4.67. The minimum absolute atomic E-state index is 0.299. The lowest BCUT2D eigenvalue weighted by Crippen LogP contribution is -2.35. The lowest BCUT2D eigenvalue weighted by molar-refractivity contribution is 0.189. The molecular formula is C12H28N2O. The molecule has 0 heterocycles. The lowest BCUT2D eigenvalue weighted by Gasteiger charge is -2.26. The van der Waals surface area contributed by atoms with Crippen molar-refractivity contribution in [3.8, 4) is 0 Å². The summed E-state index contributed by atoms with van der Waals surface area (Å²) < 4.78 is 0. The predicted molar refractivity (Wildman–Crippen MR) is 66.2 cm³/mol. The molecule has 0 saturated carbocycles. The molecule has 0 aliphatic heterocycles. The van der Waals surface area contributed by atoms with Crippen LogP contribution >= 0.6 is 0 Å². The van der Waals surface area contributed by atoms with Gasteiger partial charge in [0, 0.05) is 25.2 Å². The van der Waals surface area contributed by atoms with Gasteiger partial charge in [0.05, 0.1) is 0 Å². The molecule has 92 valence electrons. The van der Waals surface area contributed by atoms with E-state index < -0.39 is 0 Å². The quantitative estimate of drug-likeness (QED) is 0.573. The van der Waals surface area contributed by atoms with E-state index in [1.165, 1.54) is 6.42 Å². The van der Waals surface area contributed by atoms with Gasteiger partial charge >= 0.3 is 0 Å². The fourth-order valence-corrected chi connectivity index (χ4v) is 1.57. The average Bonchev–Trinajstić information content (AvgIpc) is 2.15. The third-order valence-corrected chi connectivity index (χ3v) is 2.51. The van der Waals surface area contributed by atoms with Crippen LogP contribution in [0.4, 0.5) is 0 Å². The van der Waals surface area contributed by atoms with Crippen LogP contribution in [0.5, 0.6) is 0 Å². The van der Waals surface area contributed by atoms with Crippen LogP contribution in [-0.2, 0) is 0 Å². The van der Waals surface area contributed by atoms with Gasteiger partial charge in [-0.05, 0) is 39.8 Å². The van der Waals surface area contributed by atoms with E-state index in [1.807, 2.05) is 0 Å². The van der Waals surface area contributed by atoms with Gasteiger partial charge in [-0.25, -0.2) is 0 Å². The average molecular weight is 216 g/mol. The van der Waals surface area contributed by atoms with Crippen molar-refractivity contribution in [1.29, 1.82) is 0 Å². The van der Waals surface area contributed by atoms with Gasteiger partial charge in [0.15, 0.2) is 0 Å². The van der Waals surface area contributed by atoms with Crippen molar-refractivity contribution < 1.29 is 5.11 Å². The molecule has 0 aromatic heterocycles. The maximum absolute atomic E-state index is 8.80. The van der Waals surface area contributed by atoms with E-state index in [9.17, 15) is 0 Å². The number of rotatable bonds is 9. The highest BCUT2D eigenvalue weighted by Gasteiger charge is 2.07. The topological polar surface area (TPSA) is 35.5 Å². The van der Waals surface area contributed by atoms with Gasteiger partial charge in [0.2, 0.25) is 0 Å². The summed E-state index contributed by atoms with van der Waals surface area (Å²) in [4.78, 5) is 2.43. The summed E-state index contributed by atoms with van der Waals surface area (Å²) >= 11 is 0. The Morgan fingerprint density at radius 2 is 1.67 bits per heavy atom. The van der Waals surface area contributed by atoms with Crippen LogP contribution in [0, 0.1) is 0 Å². The molecular weight excluding hydrogens is 188 g/mol. The van der Waals surface area contributed by atoms with Crippen LogP contribution in [0.1, 0.15) is 40.5 Å². The first-order valence-corrected chi connectivity index (χ1v) is 6.16. The first-order valence-electron chi connectivity index (χ1n) is 6.16. The number of nitrogens with one attached hydrogen (secondary N) is 1. The maximum atomic E-state index is 8.80. The Bertz CT molecular complexity index is 138. The molecule has 0 atom stereocenters. The van der Waals surface area contributed by atoms with E-state index >= 15 is 0 Å². The van der Waals surface area contributed by atoms with Crippen molar-refractivity contribution in [1.82, 2.24) is 10.2 Å². The summed E-state index contributed by atoms with van der Waals surface area (Å²) in [5, 5.41) is 12.2. The molecule has 15 heavy (non-hydrogen) atoms. The molecule has 0 aromatic carbocycles. The Kier molecular flexibility index (Phi) is 9.06. The van der Waals surface area contributed by atoms with Crippen molar-refractivity contribution in [2.45, 2.75) is 52.6 Å². The zero-order valence-electron chi connectivity index (χ0n) is 10.8. The summed E-state index contributed by atoms with van der Waals surface area (Å²) in [6, 6.07) is 1.16. The van der Waals surface area contributed by atoms with E-state index in [-0.39, 0.29) is 0 Å².